The third-order valence-corrected chi connectivity index (χ3v) is 5.55. The number of para-hydroxylation sites is 1. The summed E-state index contributed by atoms with van der Waals surface area (Å²) in [6.45, 7) is 4.25. The van der Waals surface area contributed by atoms with Crippen molar-refractivity contribution in [2.24, 2.45) is 0 Å². The second-order valence-electron chi connectivity index (χ2n) is 7.04. The van der Waals surface area contributed by atoms with E-state index in [0.29, 0.717) is 24.3 Å². The number of hydrogen-bond acceptors (Lipinski definition) is 7. The van der Waals surface area contributed by atoms with Crippen molar-refractivity contribution in [3.8, 4) is 5.75 Å². The van der Waals surface area contributed by atoms with Crippen LogP contribution in [-0.4, -0.2) is 39.2 Å². The van der Waals surface area contributed by atoms with E-state index in [-0.39, 0.29) is 5.91 Å². The number of aromatic amines is 1. The summed E-state index contributed by atoms with van der Waals surface area (Å²) in [5, 5.41) is 12.7. The predicted molar refractivity (Wildman–Crippen MR) is 118 cm³/mol. The van der Waals surface area contributed by atoms with Crippen molar-refractivity contribution in [2.75, 3.05) is 23.3 Å². The van der Waals surface area contributed by atoms with Crippen molar-refractivity contribution in [3.63, 3.8) is 0 Å². The normalized spacial score (nSPS) is 14.2. The molecule has 3 heterocycles. The average Bonchev–Trinajstić information content (AvgIpc) is 3.41. The van der Waals surface area contributed by atoms with Crippen LogP contribution in [0.3, 0.4) is 0 Å². The Morgan fingerprint density at radius 1 is 1.27 bits per heavy atom. The van der Waals surface area contributed by atoms with Crippen LogP contribution in [-0.2, 0) is 11.4 Å². The van der Waals surface area contributed by atoms with Crippen molar-refractivity contribution >= 4 is 35.2 Å². The molecule has 156 valence electrons. The zero-order valence-electron chi connectivity index (χ0n) is 16.8. The first-order chi connectivity index (χ1) is 14.7. The number of rotatable bonds is 7. The van der Waals surface area contributed by atoms with Gasteiger partial charge in [-0.1, -0.05) is 18.2 Å². The Balaban J connectivity index is 1.35. The average molecular weight is 425 g/mol. The minimum absolute atomic E-state index is 0.290. The molecule has 0 unspecified atom stereocenters. The van der Waals surface area contributed by atoms with E-state index in [2.05, 4.69) is 30.4 Å². The van der Waals surface area contributed by atoms with Gasteiger partial charge in [-0.3, -0.25) is 10.1 Å². The molecule has 0 atom stereocenters. The molecule has 0 aliphatic carbocycles. The lowest BCUT2D eigenvalue weighted by Gasteiger charge is -2.24. The number of carbonyl (C=O) groups is 1. The van der Waals surface area contributed by atoms with Crippen LogP contribution in [0.1, 0.15) is 35.5 Å². The van der Waals surface area contributed by atoms with Gasteiger partial charge in [0, 0.05) is 30.1 Å². The summed E-state index contributed by atoms with van der Waals surface area (Å²) < 4.78 is 5.88. The Morgan fingerprint density at radius 3 is 2.90 bits per heavy atom. The van der Waals surface area contributed by atoms with E-state index in [1.165, 1.54) is 12.5 Å². The standard InChI is InChI=1S/C21H24N6O2S/c1-15-22-17(14-30-15)13-29-18-8-4-3-7-16(18)9-10-19(28)23-20-24-21(26-25-20)27-11-5-2-6-12-27/h3-4,7-10,14H,2,5-6,11-13H2,1H3,(H2,23,24,25,26,28)/b10-9+. The number of amides is 1. The third kappa shape index (κ3) is 5.24. The summed E-state index contributed by atoms with van der Waals surface area (Å²) in [6, 6.07) is 7.57. The third-order valence-electron chi connectivity index (χ3n) is 4.73. The highest BCUT2D eigenvalue weighted by Gasteiger charge is 2.15. The van der Waals surface area contributed by atoms with E-state index in [4.69, 9.17) is 4.74 Å². The number of hydrogen-bond donors (Lipinski definition) is 2. The SMILES string of the molecule is Cc1nc(COc2ccccc2/C=C/C(=O)Nc2nc(N3CCCCC3)n[nH]2)cs1. The van der Waals surface area contributed by atoms with Gasteiger partial charge in [0.2, 0.25) is 11.9 Å². The van der Waals surface area contributed by atoms with Crippen molar-refractivity contribution < 1.29 is 9.53 Å². The maximum absolute atomic E-state index is 12.3. The zero-order chi connectivity index (χ0) is 20.8. The van der Waals surface area contributed by atoms with Crippen LogP contribution in [0.15, 0.2) is 35.7 Å². The van der Waals surface area contributed by atoms with Crippen LogP contribution >= 0.6 is 11.3 Å². The van der Waals surface area contributed by atoms with Crippen LogP contribution < -0.4 is 15.0 Å². The summed E-state index contributed by atoms with van der Waals surface area (Å²) in [7, 11) is 0. The van der Waals surface area contributed by atoms with Crippen molar-refractivity contribution in [3.05, 3.63) is 52.0 Å². The quantitative estimate of drug-likeness (QED) is 0.560. The first kappa shape index (κ1) is 20.1. The summed E-state index contributed by atoms with van der Waals surface area (Å²) in [5.41, 5.74) is 1.70. The molecule has 1 aromatic carbocycles. The van der Waals surface area contributed by atoms with Gasteiger partial charge in [0.15, 0.2) is 0 Å². The Bertz CT molecular complexity index is 1020. The molecule has 2 aromatic heterocycles. The van der Waals surface area contributed by atoms with E-state index in [9.17, 15) is 4.79 Å². The van der Waals surface area contributed by atoms with Crippen LogP contribution in [0.5, 0.6) is 5.75 Å². The minimum atomic E-state index is -0.290. The van der Waals surface area contributed by atoms with Gasteiger partial charge < -0.3 is 9.64 Å². The number of nitrogens with one attached hydrogen (secondary N) is 2. The first-order valence-corrected chi connectivity index (χ1v) is 10.8. The molecule has 3 aromatic rings. The Hall–Kier alpha value is -3.20. The number of H-pyrrole nitrogens is 1. The fraction of sp³-hybridized carbons (Fsp3) is 0.333. The Kier molecular flexibility index (Phi) is 6.38. The van der Waals surface area contributed by atoms with Gasteiger partial charge in [-0.15, -0.1) is 16.4 Å². The van der Waals surface area contributed by atoms with Crippen molar-refractivity contribution in [1.82, 2.24) is 20.2 Å². The van der Waals surface area contributed by atoms with Crippen molar-refractivity contribution in [2.45, 2.75) is 32.8 Å². The first-order valence-electron chi connectivity index (χ1n) is 9.96. The van der Waals surface area contributed by atoms with Gasteiger partial charge in [0.1, 0.15) is 12.4 Å². The molecule has 1 aliphatic heterocycles. The summed E-state index contributed by atoms with van der Waals surface area (Å²) in [6.07, 6.45) is 6.70. The maximum atomic E-state index is 12.3. The number of carbonyl (C=O) groups excluding carboxylic acids is 1. The Labute approximate surface area is 179 Å². The summed E-state index contributed by atoms with van der Waals surface area (Å²) >= 11 is 1.59. The number of piperidine rings is 1. The Morgan fingerprint density at radius 2 is 2.10 bits per heavy atom. The molecule has 0 spiro atoms. The smallest absolute Gasteiger partial charge is 0.250 e. The molecule has 8 nitrogen and oxygen atoms in total. The monoisotopic (exact) mass is 424 g/mol. The number of benzene rings is 1. The van der Waals surface area contributed by atoms with Crippen LogP contribution in [0.4, 0.5) is 11.9 Å². The van der Waals surface area contributed by atoms with Crippen LogP contribution in [0, 0.1) is 6.92 Å². The van der Waals surface area contributed by atoms with Gasteiger partial charge >= 0.3 is 0 Å². The van der Waals surface area contributed by atoms with Gasteiger partial charge in [-0.2, -0.15) is 4.98 Å². The van der Waals surface area contributed by atoms with Crippen LogP contribution in [0.2, 0.25) is 0 Å². The number of nitrogens with zero attached hydrogens (tertiary/aromatic N) is 4. The minimum Gasteiger partial charge on any atom is -0.487 e. The second-order valence-corrected chi connectivity index (χ2v) is 8.10. The summed E-state index contributed by atoms with van der Waals surface area (Å²) in [4.78, 5) is 23.2. The lowest BCUT2D eigenvalue weighted by Crippen LogP contribution is -2.30. The lowest BCUT2D eigenvalue weighted by molar-refractivity contribution is -0.111. The highest BCUT2D eigenvalue weighted by atomic mass is 32.1. The molecule has 1 amide bonds. The molecule has 0 saturated carbocycles. The molecule has 30 heavy (non-hydrogen) atoms. The zero-order valence-corrected chi connectivity index (χ0v) is 17.6. The van der Waals surface area contributed by atoms with E-state index in [0.717, 1.165) is 42.2 Å². The highest BCUT2D eigenvalue weighted by molar-refractivity contribution is 7.09. The molecule has 9 heteroatoms. The fourth-order valence-electron chi connectivity index (χ4n) is 3.24. The molecule has 2 N–H and O–H groups in total. The number of ether oxygens (including phenoxy) is 1. The fourth-order valence-corrected chi connectivity index (χ4v) is 3.84. The van der Waals surface area contributed by atoms with Gasteiger partial charge in [0.25, 0.3) is 5.91 Å². The molecular weight excluding hydrogens is 400 g/mol. The lowest BCUT2D eigenvalue weighted by atomic mass is 10.1. The molecule has 0 radical (unpaired) electrons. The molecule has 1 fully saturated rings. The number of thiazole rings is 1. The number of aromatic nitrogens is 4. The number of anilines is 2. The topological polar surface area (TPSA) is 96.0 Å². The largest absolute Gasteiger partial charge is 0.487 e. The number of aryl methyl sites for hydroxylation is 1. The molecule has 1 saturated heterocycles. The van der Waals surface area contributed by atoms with E-state index < -0.39 is 0 Å². The molecular formula is C21H24N6O2S. The van der Waals surface area contributed by atoms with E-state index in [1.54, 1.807) is 17.4 Å². The van der Waals surface area contributed by atoms with E-state index in [1.807, 2.05) is 36.6 Å². The second kappa shape index (κ2) is 9.53. The van der Waals surface area contributed by atoms with Crippen LogP contribution in [0.25, 0.3) is 6.08 Å². The van der Waals surface area contributed by atoms with Gasteiger partial charge in [-0.05, 0) is 38.3 Å². The van der Waals surface area contributed by atoms with Crippen molar-refractivity contribution in [1.29, 1.82) is 0 Å². The molecule has 1 aliphatic rings. The molecule has 0 bridgehead atoms. The van der Waals surface area contributed by atoms with E-state index >= 15 is 0 Å². The highest BCUT2D eigenvalue weighted by Crippen LogP contribution is 2.21. The molecule has 4 rings (SSSR count). The summed E-state index contributed by atoms with van der Waals surface area (Å²) in [5.74, 6) is 1.37. The van der Waals surface area contributed by atoms with Gasteiger partial charge in [0.05, 0.1) is 10.7 Å². The van der Waals surface area contributed by atoms with Gasteiger partial charge in [-0.25, -0.2) is 10.1 Å². The predicted octanol–water partition coefficient (Wildman–Crippen LogP) is 3.79. The maximum Gasteiger partial charge on any atom is 0.250 e.